The van der Waals surface area contributed by atoms with Crippen LogP contribution in [0.25, 0.3) is 0 Å². The maximum absolute atomic E-state index is 11.8. The van der Waals surface area contributed by atoms with Gasteiger partial charge in [-0.2, -0.15) is 0 Å². The van der Waals surface area contributed by atoms with E-state index >= 15 is 0 Å². The molecule has 0 radical (unpaired) electrons. The Morgan fingerprint density at radius 3 is 2.82 bits per heavy atom. The van der Waals surface area contributed by atoms with Crippen molar-refractivity contribution in [1.82, 2.24) is 9.88 Å². The number of hydrogen-bond acceptors (Lipinski definition) is 6. The summed E-state index contributed by atoms with van der Waals surface area (Å²) in [6.45, 7) is 0.478. The fourth-order valence-corrected chi connectivity index (χ4v) is 1.78. The first-order valence-electron chi connectivity index (χ1n) is 5.08. The lowest BCUT2D eigenvalue weighted by atomic mass is 10.3. The molecule has 0 saturated carbocycles. The number of ether oxygens (including phenoxy) is 1. The summed E-state index contributed by atoms with van der Waals surface area (Å²) in [5.74, 6) is -0.466. The molecule has 0 spiro atoms. The molecule has 1 amide bonds. The van der Waals surface area contributed by atoms with Crippen molar-refractivity contribution in [2.24, 2.45) is 0 Å². The third-order valence-electron chi connectivity index (χ3n) is 2.19. The topological polar surface area (TPSA) is 85.5 Å². The number of anilines is 1. The van der Waals surface area contributed by atoms with Crippen molar-refractivity contribution < 1.29 is 14.3 Å². The van der Waals surface area contributed by atoms with Crippen molar-refractivity contribution in [2.75, 3.05) is 26.4 Å². The first-order valence-corrected chi connectivity index (χ1v) is 5.96. The van der Waals surface area contributed by atoms with Crippen molar-refractivity contribution in [2.45, 2.75) is 12.8 Å². The Morgan fingerprint density at radius 1 is 1.59 bits per heavy atom. The molecule has 0 aliphatic carbocycles. The van der Waals surface area contributed by atoms with Crippen molar-refractivity contribution in [1.29, 1.82) is 0 Å². The van der Waals surface area contributed by atoms with E-state index in [1.54, 1.807) is 12.4 Å². The zero-order valence-electron chi connectivity index (χ0n) is 9.80. The van der Waals surface area contributed by atoms with Crippen LogP contribution in [0.5, 0.6) is 0 Å². The number of rotatable bonds is 5. The molecule has 94 valence electrons. The van der Waals surface area contributed by atoms with E-state index in [2.05, 4.69) is 9.72 Å². The predicted octanol–water partition coefficient (Wildman–Crippen LogP) is 0.750. The third-order valence-corrected chi connectivity index (χ3v) is 2.86. The maximum Gasteiger partial charge on any atom is 0.305 e. The summed E-state index contributed by atoms with van der Waals surface area (Å²) >= 11 is 1.23. The molecule has 0 bridgehead atoms. The summed E-state index contributed by atoms with van der Waals surface area (Å²) in [6, 6.07) is 0. The quantitative estimate of drug-likeness (QED) is 0.787. The van der Waals surface area contributed by atoms with E-state index in [1.807, 2.05) is 0 Å². The lowest BCUT2D eigenvalue weighted by Crippen LogP contribution is -2.28. The Balaban J connectivity index is 2.40. The molecule has 1 aromatic heterocycles. The molecule has 0 saturated heterocycles. The summed E-state index contributed by atoms with van der Waals surface area (Å²) < 4.78 is 4.51. The van der Waals surface area contributed by atoms with Crippen molar-refractivity contribution in [3.8, 4) is 0 Å². The SMILES string of the molecule is COC(=O)CCCN(C)C(=O)c1csc(N)n1. The van der Waals surface area contributed by atoms with Crippen molar-refractivity contribution >= 4 is 28.3 Å². The van der Waals surface area contributed by atoms with Gasteiger partial charge in [0.15, 0.2) is 5.13 Å². The average Bonchev–Trinajstić information content (AvgIpc) is 2.74. The average molecular weight is 257 g/mol. The number of aromatic nitrogens is 1. The van der Waals surface area contributed by atoms with Gasteiger partial charge in [0.1, 0.15) is 5.69 Å². The molecule has 1 heterocycles. The Kier molecular flexibility index (Phi) is 4.89. The van der Waals surface area contributed by atoms with Gasteiger partial charge in [0.05, 0.1) is 7.11 Å². The second kappa shape index (κ2) is 6.19. The number of nitrogen functional groups attached to an aromatic ring is 1. The van der Waals surface area contributed by atoms with E-state index in [4.69, 9.17) is 5.73 Å². The number of carbonyl (C=O) groups is 2. The zero-order valence-corrected chi connectivity index (χ0v) is 10.6. The summed E-state index contributed by atoms with van der Waals surface area (Å²) in [7, 11) is 3.00. The minimum atomic E-state index is -0.274. The molecule has 0 unspecified atom stereocenters. The minimum absolute atomic E-state index is 0.192. The van der Waals surface area contributed by atoms with E-state index in [9.17, 15) is 9.59 Å². The van der Waals surface area contributed by atoms with Crippen molar-refractivity contribution in [3.05, 3.63) is 11.1 Å². The predicted molar refractivity (Wildman–Crippen MR) is 64.7 cm³/mol. The highest BCUT2D eigenvalue weighted by Crippen LogP contribution is 2.12. The number of nitrogens with zero attached hydrogens (tertiary/aromatic N) is 2. The van der Waals surface area contributed by atoms with Gasteiger partial charge in [-0.3, -0.25) is 9.59 Å². The van der Waals surface area contributed by atoms with Crippen LogP contribution >= 0.6 is 11.3 Å². The summed E-state index contributed by atoms with van der Waals surface area (Å²) in [4.78, 5) is 28.1. The van der Waals surface area contributed by atoms with Gasteiger partial charge in [0, 0.05) is 25.4 Å². The molecule has 0 atom stereocenters. The number of hydrogen-bond donors (Lipinski definition) is 1. The van der Waals surface area contributed by atoms with Gasteiger partial charge in [0.2, 0.25) is 0 Å². The molecule has 1 aromatic rings. The van der Waals surface area contributed by atoms with Gasteiger partial charge >= 0.3 is 5.97 Å². The largest absolute Gasteiger partial charge is 0.469 e. The standard InChI is InChI=1S/C10H15N3O3S/c1-13(5-3-4-8(14)16-2)9(15)7-6-17-10(11)12-7/h6H,3-5H2,1-2H3,(H2,11,12). The highest BCUT2D eigenvalue weighted by atomic mass is 32.1. The number of amides is 1. The number of nitrogens with two attached hydrogens (primary N) is 1. The highest BCUT2D eigenvalue weighted by molar-refractivity contribution is 7.13. The second-order valence-corrected chi connectivity index (χ2v) is 4.37. The number of methoxy groups -OCH3 is 1. The zero-order chi connectivity index (χ0) is 12.8. The van der Waals surface area contributed by atoms with E-state index in [-0.39, 0.29) is 11.9 Å². The van der Waals surface area contributed by atoms with Crippen molar-refractivity contribution in [3.63, 3.8) is 0 Å². The Morgan fingerprint density at radius 2 is 2.29 bits per heavy atom. The van der Waals surface area contributed by atoms with Crippen LogP contribution in [0.4, 0.5) is 5.13 Å². The third kappa shape index (κ3) is 4.03. The first kappa shape index (κ1) is 13.4. The van der Waals surface area contributed by atoms with Crippen LogP contribution in [0.3, 0.4) is 0 Å². The normalized spacial score (nSPS) is 10.0. The molecule has 0 aliphatic rings. The van der Waals surface area contributed by atoms with Gasteiger partial charge < -0.3 is 15.4 Å². The molecular weight excluding hydrogens is 242 g/mol. The molecule has 0 aliphatic heterocycles. The van der Waals surface area contributed by atoms with E-state index in [1.165, 1.54) is 23.3 Å². The molecule has 7 heteroatoms. The number of thiazole rings is 1. The van der Waals surface area contributed by atoms with Gasteiger partial charge in [-0.25, -0.2) is 4.98 Å². The minimum Gasteiger partial charge on any atom is -0.469 e. The van der Waals surface area contributed by atoms with Crippen LogP contribution in [0.1, 0.15) is 23.3 Å². The van der Waals surface area contributed by atoms with Crippen LogP contribution in [0, 0.1) is 0 Å². The molecule has 0 fully saturated rings. The lowest BCUT2D eigenvalue weighted by Gasteiger charge is -2.15. The second-order valence-electron chi connectivity index (χ2n) is 3.48. The van der Waals surface area contributed by atoms with E-state index in [0.717, 1.165) is 0 Å². The van der Waals surface area contributed by atoms with E-state index < -0.39 is 0 Å². The maximum atomic E-state index is 11.8. The van der Waals surface area contributed by atoms with Crippen LogP contribution in [0.2, 0.25) is 0 Å². The van der Waals surface area contributed by atoms with Gasteiger partial charge in [-0.1, -0.05) is 0 Å². The fraction of sp³-hybridized carbons (Fsp3) is 0.500. The highest BCUT2D eigenvalue weighted by Gasteiger charge is 2.14. The van der Waals surface area contributed by atoms with Crippen LogP contribution < -0.4 is 5.73 Å². The Bertz CT molecular complexity index is 405. The summed E-state index contributed by atoms with van der Waals surface area (Å²) in [5, 5.41) is 1.99. The lowest BCUT2D eigenvalue weighted by molar-refractivity contribution is -0.140. The van der Waals surface area contributed by atoms with Crippen LogP contribution in [-0.4, -0.2) is 42.5 Å². The monoisotopic (exact) mass is 257 g/mol. The molecule has 0 aromatic carbocycles. The Labute approximate surface area is 103 Å². The van der Waals surface area contributed by atoms with Gasteiger partial charge in [-0.05, 0) is 6.42 Å². The van der Waals surface area contributed by atoms with Gasteiger partial charge in [0.25, 0.3) is 5.91 Å². The smallest absolute Gasteiger partial charge is 0.305 e. The Hall–Kier alpha value is -1.63. The summed E-state index contributed by atoms with van der Waals surface area (Å²) in [5.41, 5.74) is 5.79. The van der Waals surface area contributed by atoms with E-state index in [0.29, 0.717) is 30.2 Å². The molecule has 6 nitrogen and oxygen atoms in total. The molecule has 17 heavy (non-hydrogen) atoms. The number of carbonyl (C=O) groups excluding carboxylic acids is 2. The van der Waals surface area contributed by atoms with Gasteiger partial charge in [-0.15, -0.1) is 11.3 Å². The summed E-state index contributed by atoms with van der Waals surface area (Å²) in [6.07, 6.45) is 0.863. The van der Waals surface area contributed by atoms with Crippen LogP contribution in [-0.2, 0) is 9.53 Å². The fourth-order valence-electron chi connectivity index (χ4n) is 1.25. The number of esters is 1. The first-order chi connectivity index (χ1) is 8.04. The molecular formula is C10H15N3O3S. The molecule has 1 rings (SSSR count). The molecule has 2 N–H and O–H groups in total. The van der Waals surface area contributed by atoms with Crippen LogP contribution in [0.15, 0.2) is 5.38 Å².